The third kappa shape index (κ3) is 4.25. The van der Waals surface area contributed by atoms with Crippen molar-refractivity contribution >= 4 is 27.8 Å². The molecule has 1 aliphatic rings. The Kier molecular flexibility index (Phi) is 5.65. The molecule has 2 aromatic carbocycles. The molecule has 7 nitrogen and oxygen atoms in total. The van der Waals surface area contributed by atoms with Gasteiger partial charge in [-0.25, -0.2) is 13.2 Å². The van der Waals surface area contributed by atoms with E-state index in [-0.39, 0.29) is 11.5 Å². The van der Waals surface area contributed by atoms with E-state index in [1.807, 2.05) is 24.3 Å². The first-order valence-corrected chi connectivity index (χ1v) is 11.3. The number of sulfonamides is 1. The summed E-state index contributed by atoms with van der Waals surface area (Å²) in [5, 5.41) is 3.82. The number of fused-ring (bicyclic) bond motifs is 1. The van der Waals surface area contributed by atoms with Gasteiger partial charge in [-0.3, -0.25) is 4.31 Å². The number of hydrogen-bond acceptors (Lipinski definition) is 6. The molecule has 31 heavy (non-hydrogen) atoms. The van der Waals surface area contributed by atoms with Crippen molar-refractivity contribution in [1.29, 1.82) is 0 Å². The van der Waals surface area contributed by atoms with Crippen LogP contribution >= 0.6 is 0 Å². The van der Waals surface area contributed by atoms with E-state index in [2.05, 4.69) is 5.16 Å². The lowest BCUT2D eigenvalue weighted by Gasteiger charge is -2.19. The van der Waals surface area contributed by atoms with Crippen molar-refractivity contribution in [3.8, 4) is 0 Å². The maximum absolute atomic E-state index is 13.0. The number of rotatable bonds is 6. The monoisotopic (exact) mass is 438 g/mol. The van der Waals surface area contributed by atoms with Crippen molar-refractivity contribution < 1.29 is 22.5 Å². The van der Waals surface area contributed by atoms with Crippen LogP contribution in [0.4, 0.5) is 5.69 Å². The summed E-state index contributed by atoms with van der Waals surface area (Å²) in [5.41, 5.74) is 3.88. The maximum Gasteiger partial charge on any atom is 0.331 e. The molecule has 4 rings (SSSR count). The number of benzene rings is 2. The molecule has 0 radical (unpaired) electrons. The number of anilines is 1. The van der Waals surface area contributed by atoms with Crippen molar-refractivity contribution in [2.45, 2.75) is 31.8 Å². The van der Waals surface area contributed by atoms with Gasteiger partial charge in [0.15, 0.2) is 0 Å². The molecule has 0 saturated carbocycles. The van der Waals surface area contributed by atoms with Gasteiger partial charge in [-0.1, -0.05) is 35.5 Å². The van der Waals surface area contributed by atoms with E-state index < -0.39 is 16.0 Å². The van der Waals surface area contributed by atoms with Gasteiger partial charge in [-0.2, -0.15) is 0 Å². The van der Waals surface area contributed by atoms with Crippen LogP contribution in [0.15, 0.2) is 64.0 Å². The molecule has 1 aromatic heterocycles. The van der Waals surface area contributed by atoms with Crippen LogP contribution in [-0.2, 0) is 32.6 Å². The minimum atomic E-state index is -3.64. The predicted molar refractivity (Wildman–Crippen MR) is 116 cm³/mol. The molecule has 160 valence electrons. The van der Waals surface area contributed by atoms with E-state index in [1.54, 1.807) is 44.2 Å². The Bertz CT molecular complexity index is 1220. The van der Waals surface area contributed by atoms with Crippen LogP contribution in [-0.4, -0.2) is 26.1 Å². The lowest BCUT2D eigenvalue weighted by atomic mass is 10.2. The highest BCUT2D eigenvalue weighted by Crippen LogP contribution is 2.32. The zero-order valence-electron chi connectivity index (χ0n) is 17.2. The van der Waals surface area contributed by atoms with Gasteiger partial charge in [-0.05, 0) is 55.7 Å². The summed E-state index contributed by atoms with van der Waals surface area (Å²) in [6.07, 6.45) is 3.59. The summed E-state index contributed by atoms with van der Waals surface area (Å²) in [7, 11) is -3.64. The Morgan fingerprint density at radius 3 is 2.61 bits per heavy atom. The second-order valence-electron chi connectivity index (χ2n) is 7.27. The topological polar surface area (TPSA) is 89.7 Å². The third-order valence-corrected chi connectivity index (χ3v) is 7.09. The first kappa shape index (κ1) is 20.9. The number of ether oxygens (including phenoxy) is 1. The average molecular weight is 439 g/mol. The lowest BCUT2D eigenvalue weighted by Crippen LogP contribution is -2.29. The predicted octanol–water partition coefficient (Wildman–Crippen LogP) is 3.80. The van der Waals surface area contributed by atoms with Crippen molar-refractivity contribution in [1.82, 2.24) is 5.16 Å². The van der Waals surface area contributed by atoms with Crippen molar-refractivity contribution in [2.24, 2.45) is 0 Å². The first-order chi connectivity index (χ1) is 14.9. The smallest absolute Gasteiger partial charge is 0.331 e. The van der Waals surface area contributed by atoms with Crippen molar-refractivity contribution in [3.63, 3.8) is 0 Å². The van der Waals surface area contributed by atoms with Gasteiger partial charge in [0.1, 0.15) is 12.4 Å². The summed E-state index contributed by atoms with van der Waals surface area (Å²) in [6, 6.07) is 13.9. The van der Waals surface area contributed by atoms with E-state index in [4.69, 9.17) is 9.26 Å². The van der Waals surface area contributed by atoms with E-state index in [0.717, 1.165) is 16.8 Å². The average Bonchev–Trinajstić information content (AvgIpc) is 3.34. The first-order valence-electron chi connectivity index (χ1n) is 9.83. The summed E-state index contributed by atoms with van der Waals surface area (Å²) in [5.74, 6) is 0.108. The van der Waals surface area contributed by atoms with Crippen LogP contribution in [0.5, 0.6) is 0 Å². The zero-order chi connectivity index (χ0) is 22.0. The number of esters is 1. The molecule has 0 N–H and O–H groups in total. The third-order valence-electron chi connectivity index (χ3n) is 5.26. The van der Waals surface area contributed by atoms with Gasteiger partial charge in [0.05, 0.1) is 21.8 Å². The van der Waals surface area contributed by atoms with Crippen molar-refractivity contribution in [3.05, 3.63) is 82.8 Å². The Labute approximate surface area is 181 Å². The van der Waals surface area contributed by atoms with E-state index in [9.17, 15) is 13.2 Å². The molecule has 1 aliphatic heterocycles. The molecule has 0 spiro atoms. The number of nitrogens with zero attached hydrogens (tertiary/aromatic N) is 2. The minimum absolute atomic E-state index is 0.0822. The number of para-hydroxylation sites is 1. The fourth-order valence-corrected chi connectivity index (χ4v) is 5.00. The van der Waals surface area contributed by atoms with Crippen LogP contribution in [0, 0.1) is 13.8 Å². The van der Waals surface area contributed by atoms with Crippen LogP contribution < -0.4 is 4.31 Å². The summed E-state index contributed by atoms with van der Waals surface area (Å²) in [4.78, 5) is 12.2. The summed E-state index contributed by atoms with van der Waals surface area (Å²) >= 11 is 0. The van der Waals surface area contributed by atoms with Gasteiger partial charge in [0, 0.05) is 12.6 Å². The van der Waals surface area contributed by atoms with E-state index in [0.29, 0.717) is 30.0 Å². The number of hydrogen-bond donors (Lipinski definition) is 0. The molecular formula is C23H22N2O5S. The normalized spacial score (nSPS) is 13.5. The number of carbonyl (C=O) groups is 1. The largest absolute Gasteiger partial charge is 0.457 e. The maximum atomic E-state index is 13.0. The number of aromatic nitrogens is 1. The Morgan fingerprint density at radius 2 is 1.90 bits per heavy atom. The van der Waals surface area contributed by atoms with Crippen LogP contribution in [0.3, 0.4) is 0 Å². The molecule has 0 saturated heterocycles. The molecule has 0 fully saturated rings. The molecule has 2 heterocycles. The standard InChI is InChI=1S/C23H22N2O5S/c1-16-21(17(2)30-24-16)15-29-23(26)12-9-18-7-10-20(11-8-18)31(27,28)25-14-13-19-5-3-4-6-22(19)25/h3-12H,13-15H2,1-2H3. The fourth-order valence-electron chi connectivity index (χ4n) is 3.50. The van der Waals surface area contributed by atoms with Gasteiger partial charge < -0.3 is 9.26 Å². The lowest BCUT2D eigenvalue weighted by molar-refractivity contribution is -0.138. The van der Waals surface area contributed by atoms with Gasteiger partial charge in [-0.15, -0.1) is 0 Å². The molecule has 0 unspecified atom stereocenters. The van der Waals surface area contributed by atoms with Crippen LogP contribution in [0.2, 0.25) is 0 Å². The van der Waals surface area contributed by atoms with Crippen molar-refractivity contribution in [2.75, 3.05) is 10.8 Å². The molecule has 0 bridgehead atoms. The SMILES string of the molecule is Cc1noc(C)c1COC(=O)C=Cc1ccc(S(=O)(=O)N2CCc3ccccc32)cc1. The molecular weight excluding hydrogens is 416 g/mol. The quantitative estimate of drug-likeness (QED) is 0.430. The molecule has 8 heteroatoms. The van der Waals surface area contributed by atoms with Gasteiger partial charge >= 0.3 is 5.97 Å². The number of aryl methyl sites for hydroxylation is 2. The fraction of sp³-hybridized carbons (Fsp3) is 0.217. The summed E-state index contributed by atoms with van der Waals surface area (Å²) in [6.45, 7) is 4.06. The Morgan fingerprint density at radius 1 is 1.16 bits per heavy atom. The van der Waals surface area contributed by atoms with Crippen LogP contribution in [0.1, 0.15) is 28.1 Å². The summed E-state index contributed by atoms with van der Waals surface area (Å²) < 4.78 is 37.8. The highest BCUT2D eigenvalue weighted by molar-refractivity contribution is 7.92. The molecule has 0 aliphatic carbocycles. The van der Waals surface area contributed by atoms with Gasteiger partial charge in [0.25, 0.3) is 10.0 Å². The zero-order valence-corrected chi connectivity index (χ0v) is 18.1. The van der Waals surface area contributed by atoms with Crippen LogP contribution in [0.25, 0.3) is 6.08 Å². The second-order valence-corrected chi connectivity index (χ2v) is 9.13. The Hall–Kier alpha value is -3.39. The second kappa shape index (κ2) is 8.39. The minimum Gasteiger partial charge on any atom is -0.457 e. The van der Waals surface area contributed by atoms with E-state index in [1.165, 1.54) is 10.4 Å². The molecule has 0 atom stereocenters. The molecule has 3 aromatic rings. The molecule has 0 amide bonds. The Balaban J connectivity index is 1.42. The highest BCUT2D eigenvalue weighted by atomic mass is 32.2. The highest BCUT2D eigenvalue weighted by Gasteiger charge is 2.30. The number of carbonyl (C=O) groups excluding carboxylic acids is 1. The van der Waals surface area contributed by atoms with E-state index >= 15 is 0 Å². The van der Waals surface area contributed by atoms with Gasteiger partial charge in [0.2, 0.25) is 0 Å².